The molecule has 0 spiro atoms. The van der Waals surface area contributed by atoms with Gasteiger partial charge < -0.3 is 5.32 Å². The first-order valence-corrected chi connectivity index (χ1v) is 9.82. The van der Waals surface area contributed by atoms with Gasteiger partial charge in [0.2, 0.25) is 5.91 Å². The number of carbonyl (C=O) groups excluding carboxylic acids is 3. The second-order valence-corrected chi connectivity index (χ2v) is 7.24. The molecule has 3 rings (SSSR count). The van der Waals surface area contributed by atoms with Crippen LogP contribution in [0.5, 0.6) is 0 Å². The molecule has 0 bridgehead atoms. The fraction of sp³-hybridized carbons (Fsp3) is 0.211. The molecule has 1 aliphatic rings. The molecule has 2 aromatic carbocycles. The predicted molar refractivity (Wildman–Crippen MR) is 104 cm³/mol. The van der Waals surface area contributed by atoms with Crippen LogP contribution in [0.2, 0.25) is 5.02 Å². The van der Waals surface area contributed by atoms with Gasteiger partial charge >= 0.3 is 0 Å². The zero-order chi connectivity index (χ0) is 18.7. The van der Waals surface area contributed by atoms with Crippen molar-refractivity contribution in [3.05, 3.63) is 64.7 Å². The molecule has 134 valence electrons. The van der Waals surface area contributed by atoms with E-state index in [-0.39, 0.29) is 0 Å². The van der Waals surface area contributed by atoms with Crippen molar-refractivity contribution in [1.82, 2.24) is 4.90 Å². The summed E-state index contributed by atoms with van der Waals surface area (Å²) >= 11 is 7.41. The lowest BCUT2D eigenvalue weighted by Crippen LogP contribution is -2.47. The number of carbonyl (C=O) groups is 3. The second kappa shape index (κ2) is 7.93. The van der Waals surface area contributed by atoms with Crippen LogP contribution >= 0.6 is 23.4 Å². The number of imide groups is 1. The van der Waals surface area contributed by atoms with E-state index in [1.54, 1.807) is 60.3 Å². The highest BCUT2D eigenvalue weighted by Gasteiger charge is 2.42. The Hall–Kier alpha value is -2.31. The van der Waals surface area contributed by atoms with Crippen LogP contribution in [0.15, 0.2) is 48.5 Å². The van der Waals surface area contributed by atoms with E-state index in [4.69, 9.17) is 11.6 Å². The molecule has 1 atom stereocenters. The highest BCUT2D eigenvalue weighted by atomic mass is 35.5. The number of anilines is 1. The minimum absolute atomic E-state index is 0.339. The Bertz CT molecular complexity index is 819. The molecule has 0 radical (unpaired) electrons. The zero-order valence-corrected chi connectivity index (χ0v) is 15.6. The van der Waals surface area contributed by atoms with Gasteiger partial charge in [-0.25, -0.2) is 0 Å². The van der Waals surface area contributed by atoms with Gasteiger partial charge in [0.1, 0.15) is 6.04 Å². The third-order valence-electron chi connectivity index (χ3n) is 4.15. The van der Waals surface area contributed by atoms with Gasteiger partial charge in [0.25, 0.3) is 11.8 Å². The van der Waals surface area contributed by atoms with Crippen molar-refractivity contribution in [3.63, 3.8) is 0 Å². The fourth-order valence-electron chi connectivity index (χ4n) is 2.86. The van der Waals surface area contributed by atoms with E-state index < -0.39 is 23.8 Å². The summed E-state index contributed by atoms with van der Waals surface area (Å²) < 4.78 is 0. The fourth-order valence-corrected chi connectivity index (χ4v) is 3.44. The number of halogens is 1. The maximum absolute atomic E-state index is 12.8. The van der Waals surface area contributed by atoms with Crippen LogP contribution in [0.4, 0.5) is 5.69 Å². The van der Waals surface area contributed by atoms with E-state index in [0.717, 1.165) is 4.90 Å². The molecule has 2 aromatic rings. The molecular formula is C19H17ClN2O3S. The SMILES string of the molecule is CSCC[C@@H](C(=O)Nc1ccc(Cl)cc1)N1C(=O)c2ccccc2C1=O. The first-order valence-electron chi connectivity index (χ1n) is 8.05. The Morgan fingerprint density at radius 2 is 1.65 bits per heavy atom. The normalized spacial score (nSPS) is 14.3. The number of thioether (sulfide) groups is 1. The molecular weight excluding hydrogens is 372 g/mol. The van der Waals surface area contributed by atoms with E-state index in [9.17, 15) is 14.4 Å². The number of hydrogen-bond acceptors (Lipinski definition) is 4. The van der Waals surface area contributed by atoms with Gasteiger partial charge in [0.15, 0.2) is 0 Å². The molecule has 0 fully saturated rings. The van der Waals surface area contributed by atoms with Gasteiger partial charge in [-0.2, -0.15) is 11.8 Å². The summed E-state index contributed by atoms with van der Waals surface area (Å²) in [5.74, 6) is -0.603. The summed E-state index contributed by atoms with van der Waals surface area (Å²) in [6, 6.07) is 12.4. The lowest BCUT2D eigenvalue weighted by Gasteiger charge is -2.25. The second-order valence-electron chi connectivity index (χ2n) is 5.82. The van der Waals surface area contributed by atoms with Crippen molar-refractivity contribution in [3.8, 4) is 0 Å². The monoisotopic (exact) mass is 388 g/mol. The van der Waals surface area contributed by atoms with Crippen LogP contribution in [-0.4, -0.2) is 40.7 Å². The maximum atomic E-state index is 12.8. The van der Waals surface area contributed by atoms with Crippen LogP contribution in [0.25, 0.3) is 0 Å². The summed E-state index contributed by atoms with van der Waals surface area (Å²) in [5.41, 5.74) is 1.24. The minimum atomic E-state index is -0.870. The Morgan fingerprint density at radius 1 is 1.08 bits per heavy atom. The average molecular weight is 389 g/mol. The molecule has 1 heterocycles. The topological polar surface area (TPSA) is 66.5 Å². The average Bonchev–Trinajstić information content (AvgIpc) is 2.89. The Balaban J connectivity index is 1.86. The van der Waals surface area contributed by atoms with E-state index in [0.29, 0.717) is 34.0 Å². The molecule has 0 aliphatic carbocycles. The first kappa shape index (κ1) is 18.5. The van der Waals surface area contributed by atoms with Crippen molar-refractivity contribution in [2.75, 3.05) is 17.3 Å². The quantitative estimate of drug-likeness (QED) is 0.766. The molecule has 0 saturated carbocycles. The van der Waals surface area contributed by atoms with Crippen molar-refractivity contribution in [2.45, 2.75) is 12.5 Å². The summed E-state index contributed by atoms with van der Waals surface area (Å²) in [5, 5.41) is 3.33. The van der Waals surface area contributed by atoms with Gasteiger partial charge in [-0.3, -0.25) is 19.3 Å². The lowest BCUT2D eigenvalue weighted by atomic mass is 10.1. The third kappa shape index (κ3) is 3.61. The molecule has 0 aromatic heterocycles. The number of nitrogens with one attached hydrogen (secondary N) is 1. The molecule has 0 unspecified atom stereocenters. The van der Waals surface area contributed by atoms with Crippen molar-refractivity contribution < 1.29 is 14.4 Å². The van der Waals surface area contributed by atoms with Crippen LogP contribution < -0.4 is 5.32 Å². The van der Waals surface area contributed by atoms with Crippen molar-refractivity contribution in [1.29, 1.82) is 0 Å². The van der Waals surface area contributed by atoms with Crippen molar-refractivity contribution in [2.24, 2.45) is 0 Å². The largest absolute Gasteiger partial charge is 0.324 e. The van der Waals surface area contributed by atoms with Gasteiger partial charge in [-0.1, -0.05) is 23.7 Å². The maximum Gasteiger partial charge on any atom is 0.262 e. The summed E-state index contributed by atoms with van der Waals surface area (Å²) in [6.45, 7) is 0. The number of fused-ring (bicyclic) bond motifs is 1. The Labute approximate surface area is 160 Å². The standard InChI is InChI=1S/C19H17ClN2O3S/c1-26-11-10-16(17(23)21-13-8-6-12(20)7-9-13)22-18(24)14-4-2-3-5-15(14)19(22)25/h2-9,16H,10-11H2,1H3,(H,21,23)/t16-/m0/s1. The smallest absolute Gasteiger partial charge is 0.262 e. The number of hydrogen-bond donors (Lipinski definition) is 1. The van der Waals surface area contributed by atoms with Gasteiger partial charge in [-0.05, 0) is 54.8 Å². The predicted octanol–water partition coefficient (Wildman–Crippen LogP) is 3.70. The van der Waals surface area contributed by atoms with E-state index in [1.165, 1.54) is 0 Å². The molecule has 0 saturated heterocycles. The lowest BCUT2D eigenvalue weighted by molar-refractivity contribution is -0.120. The Morgan fingerprint density at radius 3 is 2.19 bits per heavy atom. The van der Waals surface area contributed by atoms with Crippen LogP contribution in [0, 0.1) is 0 Å². The van der Waals surface area contributed by atoms with E-state index in [1.807, 2.05) is 6.26 Å². The summed E-state index contributed by atoms with van der Waals surface area (Å²) in [6.07, 6.45) is 2.29. The first-order chi connectivity index (χ1) is 12.5. The molecule has 5 nitrogen and oxygen atoms in total. The number of rotatable bonds is 6. The molecule has 3 amide bonds. The van der Waals surface area contributed by atoms with Crippen LogP contribution in [0.3, 0.4) is 0 Å². The van der Waals surface area contributed by atoms with Crippen LogP contribution in [-0.2, 0) is 4.79 Å². The molecule has 1 aliphatic heterocycles. The van der Waals surface area contributed by atoms with Crippen molar-refractivity contribution >= 4 is 46.8 Å². The summed E-state index contributed by atoms with van der Waals surface area (Å²) in [4.78, 5) is 39.3. The number of nitrogens with zero attached hydrogens (tertiary/aromatic N) is 1. The molecule has 1 N–H and O–H groups in total. The number of benzene rings is 2. The Kier molecular flexibility index (Phi) is 5.64. The van der Waals surface area contributed by atoms with Gasteiger partial charge in [0.05, 0.1) is 11.1 Å². The van der Waals surface area contributed by atoms with Crippen LogP contribution in [0.1, 0.15) is 27.1 Å². The van der Waals surface area contributed by atoms with Gasteiger partial charge in [0, 0.05) is 10.7 Å². The highest BCUT2D eigenvalue weighted by Crippen LogP contribution is 2.27. The molecule has 26 heavy (non-hydrogen) atoms. The van der Waals surface area contributed by atoms with E-state index >= 15 is 0 Å². The minimum Gasteiger partial charge on any atom is -0.324 e. The summed E-state index contributed by atoms with van der Waals surface area (Å²) in [7, 11) is 0. The third-order valence-corrected chi connectivity index (χ3v) is 5.04. The number of amides is 3. The molecule has 7 heteroatoms. The highest BCUT2D eigenvalue weighted by molar-refractivity contribution is 7.98. The zero-order valence-electron chi connectivity index (χ0n) is 14.1. The van der Waals surface area contributed by atoms with Gasteiger partial charge in [-0.15, -0.1) is 0 Å². The van der Waals surface area contributed by atoms with E-state index in [2.05, 4.69) is 5.32 Å².